The van der Waals surface area contributed by atoms with Crippen molar-refractivity contribution < 1.29 is 47.0 Å². The summed E-state index contributed by atoms with van der Waals surface area (Å²) >= 11 is 0. The third-order valence-electron chi connectivity index (χ3n) is 0. The van der Waals surface area contributed by atoms with Gasteiger partial charge in [-0.3, -0.25) is 8.42 Å². The number of hydrogen-bond acceptors (Lipinski definition) is 4. The van der Waals surface area contributed by atoms with Crippen molar-refractivity contribution in [2.45, 2.75) is 0 Å². The first kappa shape index (κ1) is 22.9. The van der Waals surface area contributed by atoms with Gasteiger partial charge >= 0.3 is 34.4 Å². The van der Waals surface area contributed by atoms with Crippen LogP contribution < -0.4 is 12.4 Å². The molecule has 0 aliphatic rings. The zero-order chi connectivity index (χ0) is 4.50. The summed E-state index contributed by atoms with van der Waals surface area (Å²) in [5, 5.41) is 0. The molecule has 0 atom stereocenters. The van der Waals surface area contributed by atoms with Gasteiger partial charge in [-0.05, 0) is 0 Å². The van der Waals surface area contributed by atoms with E-state index in [1.54, 1.807) is 0 Å². The zero-order valence-electron chi connectivity index (χ0n) is 3.35. The molecular formula is AlClFeO4S+2. The third kappa shape index (κ3) is 189. The first-order chi connectivity index (χ1) is 2.00. The monoisotopic (exact) mass is 214 g/mol. The van der Waals surface area contributed by atoms with E-state index in [2.05, 4.69) is 0 Å². The second-order valence-corrected chi connectivity index (χ2v) is 1.22. The third-order valence-corrected chi connectivity index (χ3v) is 0. The molecule has 8 heavy (non-hydrogen) atoms. The van der Waals surface area contributed by atoms with Gasteiger partial charge in [0.1, 0.15) is 0 Å². The fourth-order valence-corrected chi connectivity index (χ4v) is 0. The molecule has 46 valence electrons. The van der Waals surface area contributed by atoms with Gasteiger partial charge < -0.3 is 21.5 Å². The van der Waals surface area contributed by atoms with Gasteiger partial charge in [0.05, 0.1) is 0 Å². The normalized spacial score (nSPS) is 7.25. The van der Waals surface area contributed by atoms with Crippen LogP contribution in [-0.4, -0.2) is 34.9 Å². The molecule has 0 saturated carbocycles. The van der Waals surface area contributed by atoms with E-state index in [9.17, 15) is 0 Å². The van der Waals surface area contributed by atoms with Crippen LogP contribution in [0.5, 0.6) is 0 Å². The molecule has 0 radical (unpaired) electrons. The van der Waals surface area contributed by atoms with Crippen LogP contribution in [0.4, 0.5) is 0 Å². The second kappa shape index (κ2) is 8.21. The summed E-state index contributed by atoms with van der Waals surface area (Å²) in [5.74, 6) is 0. The minimum atomic E-state index is -5.17. The van der Waals surface area contributed by atoms with Gasteiger partial charge in [0.15, 0.2) is 0 Å². The molecular weight excluding hydrogens is 214 g/mol. The van der Waals surface area contributed by atoms with Crippen molar-refractivity contribution in [2.24, 2.45) is 0 Å². The Morgan fingerprint density at radius 1 is 1.12 bits per heavy atom. The Kier molecular flexibility index (Phi) is 23.5. The number of halogens is 1. The second-order valence-electron chi connectivity index (χ2n) is 0.408. The Morgan fingerprint density at radius 3 is 1.12 bits per heavy atom. The Hall–Kier alpha value is 1.21. The molecule has 0 aliphatic heterocycles. The molecule has 0 aliphatic carbocycles. The molecule has 0 unspecified atom stereocenters. The maximum atomic E-state index is 8.52. The van der Waals surface area contributed by atoms with E-state index in [4.69, 9.17) is 17.5 Å². The number of rotatable bonds is 0. The minimum absolute atomic E-state index is 0. The van der Waals surface area contributed by atoms with Gasteiger partial charge in [-0.25, -0.2) is 0 Å². The van der Waals surface area contributed by atoms with Gasteiger partial charge in [0.25, 0.3) is 0 Å². The van der Waals surface area contributed by atoms with E-state index in [0.29, 0.717) is 0 Å². The molecule has 8 heteroatoms. The average molecular weight is 214 g/mol. The molecule has 0 saturated heterocycles. The van der Waals surface area contributed by atoms with Crippen molar-refractivity contribution in [1.29, 1.82) is 0 Å². The Morgan fingerprint density at radius 2 is 1.12 bits per heavy atom. The molecule has 0 bridgehead atoms. The van der Waals surface area contributed by atoms with Crippen LogP contribution in [0.3, 0.4) is 0 Å². The van der Waals surface area contributed by atoms with Crippen molar-refractivity contribution in [2.75, 3.05) is 0 Å². The topological polar surface area (TPSA) is 80.3 Å². The molecule has 0 heterocycles. The van der Waals surface area contributed by atoms with E-state index in [1.807, 2.05) is 0 Å². The smallest absolute Gasteiger partial charge is 1.00 e. The zero-order valence-corrected chi connectivity index (χ0v) is 7.18. The van der Waals surface area contributed by atoms with E-state index in [1.165, 1.54) is 0 Å². The van der Waals surface area contributed by atoms with Gasteiger partial charge in [-0.1, -0.05) is 0 Å². The maximum Gasteiger partial charge on any atom is 3.00 e. The van der Waals surface area contributed by atoms with Gasteiger partial charge in [0, 0.05) is 10.4 Å². The predicted molar refractivity (Wildman–Crippen MR) is 16.2 cm³/mol. The summed E-state index contributed by atoms with van der Waals surface area (Å²) in [6, 6.07) is 0. The molecule has 0 rings (SSSR count). The fourth-order valence-electron chi connectivity index (χ4n) is 0. The standard InChI is InChI=1S/Al.ClH.Fe.H2O4S/c;;;1-5(2,3)4/h;1H;;(H2,1,2,3,4)/q+3;;+2;/p-3. The van der Waals surface area contributed by atoms with E-state index >= 15 is 0 Å². The van der Waals surface area contributed by atoms with Gasteiger partial charge in [0.2, 0.25) is 0 Å². The Bertz CT molecular complexity index is 99.2. The van der Waals surface area contributed by atoms with Gasteiger partial charge in [-0.15, -0.1) is 0 Å². The average Bonchev–Trinajstić information content (AvgIpc) is 0.722. The molecule has 0 aromatic rings. The van der Waals surface area contributed by atoms with Crippen LogP contribution in [0.25, 0.3) is 0 Å². The Balaban J connectivity index is -0.0000000267. The summed E-state index contributed by atoms with van der Waals surface area (Å²) in [4.78, 5) is 0. The molecule has 0 fully saturated rings. The van der Waals surface area contributed by atoms with Crippen molar-refractivity contribution in [1.82, 2.24) is 0 Å². The quantitative estimate of drug-likeness (QED) is 0.230. The van der Waals surface area contributed by atoms with Crippen molar-refractivity contribution in [3.05, 3.63) is 0 Å². The predicted octanol–water partition coefficient (Wildman–Crippen LogP) is -4.72. The molecule has 0 aromatic heterocycles. The van der Waals surface area contributed by atoms with Crippen LogP contribution in [0, 0.1) is 0 Å². The molecule has 4 nitrogen and oxygen atoms in total. The minimum Gasteiger partial charge on any atom is -1.00 e. The summed E-state index contributed by atoms with van der Waals surface area (Å²) in [5.41, 5.74) is 0. The van der Waals surface area contributed by atoms with Crippen molar-refractivity contribution in [3.8, 4) is 0 Å². The van der Waals surface area contributed by atoms with Crippen LogP contribution in [-0.2, 0) is 27.5 Å². The van der Waals surface area contributed by atoms with E-state index in [0.717, 1.165) is 0 Å². The molecule has 0 spiro atoms. The van der Waals surface area contributed by atoms with Crippen molar-refractivity contribution >= 4 is 27.8 Å². The maximum absolute atomic E-state index is 8.52. The Labute approximate surface area is 74.6 Å². The first-order valence-electron chi connectivity index (χ1n) is 0.667. The fraction of sp³-hybridized carbons (Fsp3) is 0. The van der Waals surface area contributed by atoms with Crippen LogP contribution in [0.1, 0.15) is 0 Å². The molecule has 0 aromatic carbocycles. The van der Waals surface area contributed by atoms with Crippen molar-refractivity contribution in [3.63, 3.8) is 0 Å². The van der Waals surface area contributed by atoms with E-state index in [-0.39, 0.29) is 46.8 Å². The summed E-state index contributed by atoms with van der Waals surface area (Å²) in [6.07, 6.45) is 0. The number of hydrogen-bond donors (Lipinski definition) is 0. The largest absolute Gasteiger partial charge is 3.00 e. The molecule has 0 N–H and O–H groups in total. The summed E-state index contributed by atoms with van der Waals surface area (Å²) < 4.78 is 34.1. The van der Waals surface area contributed by atoms with Crippen LogP contribution in [0.2, 0.25) is 0 Å². The summed E-state index contributed by atoms with van der Waals surface area (Å²) in [6.45, 7) is 0. The first-order valence-corrected chi connectivity index (χ1v) is 2.00. The summed E-state index contributed by atoms with van der Waals surface area (Å²) in [7, 11) is -5.17. The van der Waals surface area contributed by atoms with Crippen LogP contribution in [0.15, 0.2) is 0 Å². The SMILES string of the molecule is O=S(=O)([O-])[O-].[Al+3].[Cl-].[Fe+2]. The van der Waals surface area contributed by atoms with Crippen LogP contribution >= 0.6 is 0 Å². The molecule has 0 amide bonds. The van der Waals surface area contributed by atoms with Gasteiger partial charge in [-0.2, -0.15) is 0 Å². The van der Waals surface area contributed by atoms with E-state index < -0.39 is 10.4 Å².